The van der Waals surface area contributed by atoms with Crippen LogP contribution in [0.15, 0.2) is 0 Å². The van der Waals surface area contributed by atoms with Gasteiger partial charge in [0.1, 0.15) is 5.25 Å². The lowest BCUT2D eigenvalue weighted by Crippen LogP contribution is -2.40. The molecule has 0 aromatic heterocycles. The second-order valence-corrected chi connectivity index (χ2v) is 4.71. The molecule has 1 unspecified atom stereocenters. The molecule has 13 heavy (non-hydrogen) atoms. The van der Waals surface area contributed by atoms with Gasteiger partial charge in [-0.1, -0.05) is 0 Å². The Labute approximate surface area is 87.8 Å². The fourth-order valence-corrected chi connectivity index (χ4v) is 2.06. The van der Waals surface area contributed by atoms with Crippen LogP contribution in [0.4, 0.5) is 0 Å². The molecule has 0 aliphatic rings. The van der Waals surface area contributed by atoms with Gasteiger partial charge in [0.25, 0.3) is 0 Å². The molecule has 0 saturated heterocycles. The molecule has 0 aliphatic carbocycles. The van der Waals surface area contributed by atoms with Crippen LogP contribution in [0.1, 0.15) is 13.8 Å². The topological polar surface area (TPSA) is 46.5 Å². The molecule has 78 valence electrons. The number of aliphatic hydroxyl groups is 1. The number of methoxy groups -OCH3 is 1. The minimum atomic E-state index is -1.08. The van der Waals surface area contributed by atoms with Crippen molar-refractivity contribution in [1.82, 2.24) is 0 Å². The average molecular weight is 227 g/mol. The number of rotatable bonds is 5. The van der Waals surface area contributed by atoms with Crippen LogP contribution in [0, 0.1) is 0 Å². The van der Waals surface area contributed by atoms with Crippen LogP contribution in [-0.4, -0.2) is 40.7 Å². The summed E-state index contributed by atoms with van der Waals surface area (Å²) in [6.07, 6.45) is 0. The second-order valence-electron chi connectivity index (χ2n) is 3.12. The maximum Gasteiger partial charge on any atom is 0.321 e. The summed E-state index contributed by atoms with van der Waals surface area (Å²) in [5.41, 5.74) is -1.08. The number of hydrogen-bond acceptors (Lipinski definition) is 4. The van der Waals surface area contributed by atoms with E-state index in [2.05, 4.69) is 4.74 Å². The molecule has 0 amide bonds. The van der Waals surface area contributed by atoms with Crippen molar-refractivity contribution in [3.8, 4) is 0 Å². The fourth-order valence-electron chi connectivity index (χ4n) is 0.830. The normalized spacial score (nSPS) is 13.9. The molecule has 1 atom stereocenters. The molecule has 0 bridgehead atoms. The second kappa shape index (κ2) is 5.73. The highest BCUT2D eigenvalue weighted by atomic mass is 35.5. The van der Waals surface area contributed by atoms with Crippen LogP contribution in [0.3, 0.4) is 0 Å². The first-order valence-electron chi connectivity index (χ1n) is 3.91. The summed E-state index contributed by atoms with van der Waals surface area (Å²) in [5.74, 6) is 0.655. The first kappa shape index (κ1) is 13.1. The molecule has 0 heterocycles. The summed E-state index contributed by atoms with van der Waals surface area (Å²) in [4.78, 5) is 11.2. The maximum absolute atomic E-state index is 11.2. The largest absolute Gasteiger partial charge is 0.468 e. The highest BCUT2D eigenvalue weighted by Crippen LogP contribution is 2.24. The van der Waals surface area contributed by atoms with E-state index in [1.54, 1.807) is 13.8 Å². The van der Waals surface area contributed by atoms with Crippen molar-refractivity contribution in [2.24, 2.45) is 0 Å². The van der Waals surface area contributed by atoms with E-state index in [1.807, 2.05) is 0 Å². The summed E-state index contributed by atoms with van der Waals surface area (Å²) in [7, 11) is 1.31. The van der Waals surface area contributed by atoms with Crippen molar-refractivity contribution in [2.45, 2.75) is 24.7 Å². The molecule has 5 heteroatoms. The van der Waals surface area contributed by atoms with E-state index >= 15 is 0 Å². The molecule has 0 aromatic carbocycles. The number of carbonyl (C=O) groups excluding carboxylic acids is 1. The highest BCUT2D eigenvalue weighted by molar-refractivity contribution is 8.00. The van der Waals surface area contributed by atoms with E-state index in [9.17, 15) is 9.90 Å². The van der Waals surface area contributed by atoms with Crippen LogP contribution in [0.25, 0.3) is 0 Å². The molecule has 0 aliphatic heterocycles. The first-order valence-corrected chi connectivity index (χ1v) is 5.49. The van der Waals surface area contributed by atoms with Gasteiger partial charge in [0.15, 0.2) is 0 Å². The molecule has 0 saturated carbocycles. The molecule has 0 rings (SSSR count). The van der Waals surface area contributed by atoms with Crippen molar-refractivity contribution >= 4 is 29.3 Å². The third kappa shape index (κ3) is 4.74. The zero-order chi connectivity index (χ0) is 10.5. The number of ether oxygens (including phenoxy) is 1. The van der Waals surface area contributed by atoms with E-state index in [-0.39, 0.29) is 0 Å². The zero-order valence-corrected chi connectivity index (χ0v) is 9.61. The van der Waals surface area contributed by atoms with E-state index in [1.165, 1.54) is 18.9 Å². The lowest BCUT2D eigenvalue weighted by molar-refractivity contribution is -0.143. The number of hydrogen-bond donors (Lipinski definition) is 1. The Morgan fingerprint density at radius 1 is 1.69 bits per heavy atom. The SMILES string of the molecule is COC(=O)C(SCCCl)C(C)(C)O. The van der Waals surface area contributed by atoms with Crippen LogP contribution in [-0.2, 0) is 9.53 Å². The van der Waals surface area contributed by atoms with Gasteiger partial charge in [-0.2, -0.15) is 0 Å². The first-order chi connectivity index (χ1) is 5.93. The standard InChI is InChI=1S/C8H15ClO3S/c1-8(2,11)6(7(10)12-3)13-5-4-9/h6,11H,4-5H2,1-3H3. The third-order valence-electron chi connectivity index (χ3n) is 1.42. The Balaban J connectivity index is 4.28. The molecule has 1 N–H and O–H groups in total. The molecule has 0 spiro atoms. The predicted octanol–water partition coefficient (Wildman–Crippen LogP) is 1.27. The van der Waals surface area contributed by atoms with Gasteiger partial charge in [0, 0.05) is 11.6 Å². The van der Waals surface area contributed by atoms with E-state index in [0.717, 1.165) is 0 Å². The Bertz CT molecular complexity index is 167. The minimum absolute atomic E-state index is 0.414. The van der Waals surface area contributed by atoms with Gasteiger partial charge in [0.05, 0.1) is 12.7 Å². The smallest absolute Gasteiger partial charge is 0.321 e. The molecule has 3 nitrogen and oxygen atoms in total. The molecule has 0 radical (unpaired) electrons. The van der Waals surface area contributed by atoms with Crippen LogP contribution in [0.5, 0.6) is 0 Å². The maximum atomic E-state index is 11.2. The number of thioether (sulfide) groups is 1. The van der Waals surface area contributed by atoms with Gasteiger partial charge in [-0.15, -0.1) is 23.4 Å². The van der Waals surface area contributed by atoms with Gasteiger partial charge >= 0.3 is 5.97 Å². The van der Waals surface area contributed by atoms with Crippen molar-refractivity contribution in [3.05, 3.63) is 0 Å². The number of carbonyl (C=O) groups is 1. The van der Waals surface area contributed by atoms with Crippen LogP contribution < -0.4 is 0 Å². The summed E-state index contributed by atoms with van der Waals surface area (Å²) in [6, 6.07) is 0. The number of esters is 1. The Hall–Kier alpha value is 0.0700. The highest BCUT2D eigenvalue weighted by Gasteiger charge is 2.34. The van der Waals surface area contributed by atoms with Gasteiger partial charge < -0.3 is 9.84 Å². The van der Waals surface area contributed by atoms with Gasteiger partial charge in [-0.05, 0) is 13.8 Å². The van der Waals surface area contributed by atoms with E-state index < -0.39 is 16.8 Å². The predicted molar refractivity (Wildman–Crippen MR) is 55.3 cm³/mol. The summed E-state index contributed by atoms with van der Waals surface area (Å²) < 4.78 is 4.57. The third-order valence-corrected chi connectivity index (χ3v) is 3.37. The molecule has 0 aromatic rings. The Morgan fingerprint density at radius 2 is 2.23 bits per heavy atom. The van der Waals surface area contributed by atoms with Crippen LogP contribution >= 0.6 is 23.4 Å². The van der Waals surface area contributed by atoms with E-state index in [0.29, 0.717) is 11.6 Å². The Kier molecular flexibility index (Phi) is 5.76. The van der Waals surface area contributed by atoms with Crippen molar-refractivity contribution < 1.29 is 14.6 Å². The van der Waals surface area contributed by atoms with Crippen molar-refractivity contribution in [3.63, 3.8) is 0 Å². The fraction of sp³-hybridized carbons (Fsp3) is 0.875. The quantitative estimate of drug-likeness (QED) is 0.567. The van der Waals surface area contributed by atoms with Gasteiger partial charge in [-0.25, -0.2) is 0 Å². The summed E-state index contributed by atoms with van der Waals surface area (Å²) in [5, 5.41) is 9.07. The van der Waals surface area contributed by atoms with Crippen molar-refractivity contribution in [1.29, 1.82) is 0 Å². The van der Waals surface area contributed by atoms with Crippen molar-refractivity contribution in [2.75, 3.05) is 18.7 Å². The summed E-state index contributed by atoms with van der Waals surface area (Å²) in [6.45, 7) is 3.16. The lowest BCUT2D eigenvalue weighted by atomic mass is 10.1. The van der Waals surface area contributed by atoms with Gasteiger partial charge in [0.2, 0.25) is 0 Å². The average Bonchev–Trinajstić information content (AvgIpc) is 2.02. The molecular formula is C8H15ClO3S. The monoisotopic (exact) mass is 226 g/mol. The van der Waals surface area contributed by atoms with Gasteiger partial charge in [-0.3, -0.25) is 4.79 Å². The van der Waals surface area contributed by atoms with Crippen LogP contribution in [0.2, 0.25) is 0 Å². The zero-order valence-electron chi connectivity index (χ0n) is 8.04. The minimum Gasteiger partial charge on any atom is -0.468 e. The lowest BCUT2D eigenvalue weighted by Gasteiger charge is -2.26. The molecule has 0 fully saturated rings. The summed E-state index contributed by atoms with van der Waals surface area (Å²) >= 11 is 6.79. The number of halogens is 1. The number of alkyl halides is 1. The Morgan fingerprint density at radius 3 is 2.54 bits per heavy atom. The van der Waals surface area contributed by atoms with E-state index in [4.69, 9.17) is 11.6 Å². The molecular weight excluding hydrogens is 212 g/mol.